The zero-order chi connectivity index (χ0) is 28.8. The van der Waals surface area contributed by atoms with E-state index in [0.29, 0.717) is 35.5 Å². The van der Waals surface area contributed by atoms with Gasteiger partial charge >= 0.3 is 5.97 Å². The van der Waals surface area contributed by atoms with E-state index in [4.69, 9.17) is 4.74 Å². The molecule has 1 aliphatic carbocycles. The number of nitrogens with zero attached hydrogens (tertiary/aromatic N) is 4. The van der Waals surface area contributed by atoms with Crippen molar-refractivity contribution < 1.29 is 29.0 Å². The molecule has 1 atom stereocenters. The number of nitrogens with one attached hydrogen (secondary N) is 2. The normalized spacial score (nSPS) is 15.7. The lowest BCUT2D eigenvalue weighted by atomic mass is 9.98. The number of rotatable bonds is 6. The number of aromatic nitrogens is 3. The van der Waals surface area contributed by atoms with Crippen LogP contribution in [0.2, 0.25) is 0 Å². The second kappa shape index (κ2) is 10.0. The van der Waals surface area contributed by atoms with Gasteiger partial charge in [0.2, 0.25) is 0 Å². The van der Waals surface area contributed by atoms with Gasteiger partial charge in [0.15, 0.2) is 12.3 Å². The van der Waals surface area contributed by atoms with Crippen LogP contribution in [0, 0.1) is 6.92 Å². The molecular formula is C29H26N6O6. The molecule has 2 aromatic carbocycles. The lowest BCUT2D eigenvalue weighted by Gasteiger charge is -2.26. The molecule has 3 N–H and O–H groups in total. The second-order valence-electron chi connectivity index (χ2n) is 10.0. The number of benzene rings is 2. The maximum atomic E-state index is 13.5. The van der Waals surface area contributed by atoms with E-state index < -0.39 is 17.8 Å². The van der Waals surface area contributed by atoms with Crippen molar-refractivity contribution in [2.75, 3.05) is 18.6 Å². The summed E-state index contributed by atoms with van der Waals surface area (Å²) < 4.78 is 6.83. The van der Waals surface area contributed by atoms with Gasteiger partial charge in [-0.05, 0) is 60.2 Å². The molecule has 0 saturated heterocycles. The fraction of sp³-hybridized carbons (Fsp3) is 0.241. The largest absolute Gasteiger partial charge is 0.482 e. The summed E-state index contributed by atoms with van der Waals surface area (Å²) >= 11 is 0. The molecule has 41 heavy (non-hydrogen) atoms. The Hall–Kier alpha value is -5.26. The quantitative estimate of drug-likeness (QED) is 0.328. The molecule has 208 valence electrons. The molecule has 2 aliphatic rings. The Morgan fingerprint density at radius 3 is 2.76 bits per heavy atom. The Morgan fingerprint density at radius 1 is 1.12 bits per heavy atom. The summed E-state index contributed by atoms with van der Waals surface area (Å²) in [5, 5.41) is 19.5. The molecule has 3 amide bonds. The van der Waals surface area contributed by atoms with Crippen LogP contribution < -0.4 is 20.3 Å². The molecule has 0 radical (unpaired) electrons. The summed E-state index contributed by atoms with van der Waals surface area (Å²) in [6.45, 7) is 1.93. The van der Waals surface area contributed by atoms with Gasteiger partial charge in [-0.2, -0.15) is 5.10 Å². The first-order chi connectivity index (χ1) is 19.7. The number of likely N-dealkylation sites (N-methyl/N-ethyl adjacent to an activating group) is 1. The Kier molecular flexibility index (Phi) is 6.37. The van der Waals surface area contributed by atoms with Crippen molar-refractivity contribution in [3.05, 3.63) is 87.9 Å². The molecule has 12 heteroatoms. The van der Waals surface area contributed by atoms with Gasteiger partial charge in [-0.25, -0.2) is 14.3 Å². The predicted molar refractivity (Wildman–Crippen MR) is 146 cm³/mol. The van der Waals surface area contributed by atoms with E-state index in [2.05, 4.69) is 20.7 Å². The summed E-state index contributed by atoms with van der Waals surface area (Å²) in [4.78, 5) is 56.0. The summed E-state index contributed by atoms with van der Waals surface area (Å²) in [6.07, 6.45) is 2.76. The van der Waals surface area contributed by atoms with E-state index in [9.17, 15) is 24.3 Å². The smallest absolute Gasteiger partial charge is 0.335 e. The standard InChI is InChI=1S/C29H26N6O6/c1-15-17-6-7-20(19(17)5-4-18(15)29(39)40)33-28(38)23-12-21(32-25-9-10-31-35(23)25)27(37)30-13-16-3-8-24-22(11-16)34(2)26(36)14-41-24/h3-5,8-12,20H,6-7,13-14H2,1-2H3,(H,30,37)(H,33,38)(H,39,40)/t20-/m0/s1. The molecule has 0 bridgehead atoms. The maximum Gasteiger partial charge on any atom is 0.335 e. The van der Waals surface area contributed by atoms with Crippen LogP contribution >= 0.6 is 0 Å². The number of ether oxygens (including phenoxy) is 1. The number of carboxylic acids is 1. The number of hydrogen-bond acceptors (Lipinski definition) is 7. The highest BCUT2D eigenvalue weighted by molar-refractivity contribution is 5.99. The molecule has 0 fully saturated rings. The fourth-order valence-electron chi connectivity index (χ4n) is 5.39. The van der Waals surface area contributed by atoms with Crippen molar-refractivity contribution in [3.63, 3.8) is 0 Å². The monoisotopic (exact) mass is 554 g/mol. The highest BCUT2D eigenvalue weighted by Gasteiger charge is 2.29. The third-order valence-electron chi connectivity index (χ3n) is 7.62. The van der Waals surface area contributed by atoms with Crippen LogP contribution in [0.15, 0.2) is 48.7 Å². The summed E-state index contributed by atoms with van der Waals surface area (Å²) in [5.41, 5.74) is 4.67. The minimum absolute atomic E-state index is 0.0171. The van der Waals surface area contributed by atoms with Crippen LogP contribution in [0.1, 0.15) is 66.1 Å². The Balaban J connectivity index is 1.21. The van der Waals surface area contributed by atoms with E-state index in [1.54, 1.807) is 50.4 Å². The molecule has 0 unspecified atom stereocenters. The number of amides is 3. The number of hydrogen-bond donors (Lipinski definition) is 3. The average Bonchev–Trinajstić information content (AvgIpc) is 3.61. The van der Waals surface area contributed by atoms with Crippen molar-refractivity contribution in [1.29, 1.82) is 0 Å². The number of carbonyl (C=O) groups is 4. The number of fused-ring (bicyclic) bond motifs is 3. The van der Waals surface area contributed by atoms with Crippen LogP contribution in [0.3, 0.4) is 0 Å². The molecule has 0 saturated carbocycles. The van der Waals surface area contributed by atoms with Gasteiger partial charge in [-0.15, -0.1) is 0 Å². The number of carboxylic acid groups (broad SMARTS) is 1. The van der Waals surface area contributed by atoms with Crippen molar-refractivity contribution in [3.8, 4) is 5.75 Å². The van der Waals surface area contributed by atoms with Gasteiger partial charge in [0.05, 0.1) is 23.5 Å². The summed E-state index contributed by atoms with van der Waals surface area (Å²) in [6, 6.07) is 11.3. The van der Waals surface area contributed by atoms with E-state index >= 15 is 0 Å². The van der Waals surface area contributed by atoms with Crippen LogP contribution in [-0.4, -0.2) is 57.0 Å². The Bertz CT molecular complexity index is 1760. The highest BCUT2D eigenvalue weighted by atomic mass is 16.5. The molecular weight excluding hydrogens is 528 g/mol. The van der Waals surface area contributed by atoms with Gasteiger partial charge in [0.25, 0.3) is 17.7 Å². The minimum Gasteiger partial charge on any atom is -0.482 e. The van der Waals surface area contributed by atoms with Gasteiger partial charge in [0.1, 0.15) is 17.1 Å². The molecule has 1 aliphatic heterocycles. The predicted octanol–water partition coefficient (Wildman–Crippen LogP) is 2.44. The Morgan fingerprint density at radius 2 is 1.95 bits per heavy atom. The minimum atomic E-state index is -0.982. The zero-order valence-electron chi connectivity index (χ0n) is 22.3. The maximum absolute atomic E-state index is 13.5. The van der Waals surface area contributed by atoms with Crippen LogP contribution in [0.25, 0.3) is 5.65 Å². The fourth-order valence-corrected chi connectivity index (χ4v) is 5.39. The second-order valence-corrected chi connectivity index (χ2v) is 10.0. The first kappa shape index (κ1) is 26.0. The molecule has 2 aromatic heterocycles. The number of anilines is 1. The molecule has 3 heterocycles. The summed E-state index contributed by atoms with van der Waals surface area (Å²) in [7, 11) is 1.67. The number of carbonyl (C=O) groups excluding carboxylic acids is 3. The third-order valence-corrected chi connectivity index (χ3v) is 7.62. The van der Waals surface area contributed by atoms with Crippen LogP contribution in [0.4, 0.5) is 5.69 Å². The van der Waals surface area contributed by atoms with Gasteiger partial charge in [-0.3, -0.25) is 14.4 Å². The average molecular weight is 555 g/mol. The van der Waals surface area contributed by atoms with Gasteiger partial charge < -0.3 is 25.4 Å². The molecule has 4 aromatic rings. The van der Waals surface area contributed by atoms with Crippen molar-refractivity contribution in [2.45, 2.75) is 32.4 Å². The Labute approximate surface area is 233 Å². The third kappa shape index (κ3) is 4.62. The van der Waals surface area contributed by atoms with Crippen LogP contribution in [-0.2, 0) is 17.8 Å². The molecule has 12 nitrogen and oxygen atoms in total. The number of aromatic carboxylic acids is 1. The van der Waals surface area contributed by atoms with Crippen molar-refractivity contribution >= 4 is 35.0 Å². The topological polar surface area (TPSA) is 155 Å². The van der Waals surface area contributed by atoms with E-state index in [1.165, 1.54) is 21.7 Å². The van der Waals surface area contributed by atoms with Crippen molar-refractivity contribution in [2.24, 2.45) is 0 Å². The lowest BCUT2D eigenvalue weighted by molar-refractivity contribution is -0.121. The zero-order valence-corrected chi connectivity index (χ0v) is 22.3. The van der Waals surface area contributed by atoms with Crippen LogP contribution in [0.5, 0.6) is 5.75 Å². The highest BCUT2D eigenvalue weighted by Crippen LogP contribution is 2.35. The van der Waals surface area contributed by atoms with Gasteiger partial charge in [-0.1, -0.05) is 12.1 Å². The van der Waals surface area contributed by atoms with E-state index in [0.717, 1.165) is 16.7 Å². The first-order valence-corrected chi connectivity index (χ1v) is 13.0. The SMILES string of the molecule is Cc1c(C(=O)O)ccc2c1CC[C@@H]2NC(=O)c1cc(C(=O)NCc2ccc3c(c2)N(C)C(=O)CO3)nc2ccnn12. The first-order valence-electron chi connectivity index (χ1n) is 13.0. The van der Waals surface area contributed by atoms with Crippen molar-refractivity contribution in [1.82, 2.24) is 25.2 Å². The molecule has 6 rings (SSSR count). The summed E-state index contributed by atoms with van der Waals surface area (Å²) in [5.74, 6) is -1.47. The van der Waals surface area contributed by atoms with E-state index in [1.807, 2.05) is 0 Å². The lowest BCUT2D eigenvalue weighted by Crippen LogP contribution is -2.35. The van der Waals surface area contributed by atoms with Gasteiger partial charge in [0, 0.05) is 25.7 Å². The molecule has 0 spiro atoms. The van der Waals surface area contributed by atoms with E-state index in [-0.39, 0.29) is 42.1 Å².